The third-order valence-corrected chi connectivity index (χ3v) is 6.11. The van der Waals surface area contributed by atoms with E-state index in [1.54, 1.807) is 19.2 Å². The van der Waals surface area contributed by atoms with Crippen molar-refractivity contribution in [3.63, 3.8) is 0 Å². The van der Waals surface area contributed by atoms with Crippen LogP contribution in [-0.2, 0) is 10.0 Å². The molecule has 0 aliphatic heterocycles. The summed E-state index contributed by atoms with van der Waals surface area (Å²) in [5, 5.41) is 3.52. The van der Waals surface area contributed by atoms with Crippen LogP contribution < -0.4 is 10.0 Å². The van der Waals surface area contributed by atoms with Crippen LogP contribution in [0, 0.1) is 0 Å². The molecule has 2 atom stereocenters. The van der Waals surface area contributed by atoms with Crippen molar-refractivity contribution in [2.75, 3.05) is 18.1 Å². The topological polar surface area (TPSA) is 71.1 Å². The number of sulfonamides is 1. The molecule has 2 unspecified atom stereocenters. The van der Waals surface area contributed by atoms with Gasteiger partial charge in [-0.2, -0.15) is 11.8 Å². The molecule has 5 nitrogen and oxygen atoms in total. The second kappa shape index (κ2) is 6.78. The number of nitrogens with zero attached hydrogens (tertiary/aromatic N) is 1. The lowest BCUT2D eigenvalue weighted by Gasteiger charge is -2.14. The van der Waals surface area contributed by atoms with Crippen molar-refractivity contribution in [2.24, 2.45) is 0 Å². The van der Waals surface area contributed by atoms with Crippen LogP contribution in [0.5, 0.6) is 0 Å². The number of hydrogen-bond acceptors (Lipinski definition) is 5. The van der Waals surface area contributed by atoms with Gasteiger partial charge in [0.25, 0.3) is 10.0 Å². The summed E-state index contributed by atoms with van der Waals surface area (Å²) in [4.78, 5) is 4.00. The normalized spacial score (nSPS) is 22.9. The lowest BCUT2D eigenvalue weighted by molar-refractivity contribution is 0.549. The van der Waals surface area contributed by atoms with Gasteiger partial charge in [-0.25, -0.2) is 18.1 Å². The van der Waals surface area contributed by atoms with Crippen LogP contribution in [0.1, 0.15) is 26.2 Å². The van der Waals surface area contributed by atoms with Crippen molar-refractivity contribution in [1.29, 1.82) is 0 Å². The van der Waals surface area contributed by atoms with Crippen LogP contribution in [0.3, 0.4) is 0 Å². The minimum atomic E-state index is -3.56. The second-order valence-corrected chi connectivity index (χ2v) is 8.02. The number of nitrogens with one attached hydrogen (secondary N) is 2. The summed E-state index contributed by atoms with van der Waals surface area (Å²) in [7, 11) is -1.86. The first-order valence-electron chi connectivity index (χ1n) is 6.83. The van der Waals surface area contributed by atoms with Crippen molar-refractivity contribution in [2.45, 2.75) is 42.5 Å². The quantitative estimate of drug-likeness (QED) is 0.841. The van der Waals surface area contributed by atoms with Crippen molar-refractivity contribution < 1.29 is 8.42 Å². The Morgan fingerprint density at radius 2 is 2.25 bits per heavy atom. The van der Waals surface area contributed by atoms with Crippen LogP contribution >= 0.6 is 11.8 Å². The van der Waals surface area contributed by atoms with Crippen molar-refractivity contribution in [1.82, 2.24) is 9.71 Å². The zero-order valence-corrected chi connectivity index (χ0v) is 13.4. The molecule has 1 aromatic rings. The van der Waals surface area contributed by atoms with Gasteiger partial charge >= 0.3 is 0 Å². The molecule has 112 valence electrons. The van der Waals surface area contributed by atoms with E-state index in [4.69, 9.17) is 0 Å². The Balaban J connectivity index is 2.08. The Hall–Kier alpha value is -0.790. The van der Waals surface area contributed by atoms with Crippen molar-refractivity contribution in [3.8, 4) is 0 Å². The fourth-order valence-electron chi connectivity index (χ4n) is 2.50. The molecular weight excluding hydrogens is 294 g/mol. The number of anilines is 1. The summed E-state index contributed by atoms with van der Waals surface area (Å²) >= 11 is 1.91. The summed E-state index contributed by atoms with van der Waals surface area (Å²) in [5.41, 5.74) is 0.525. The average molecular weight is 315 g/mol. The van der Waals surface area contributed by atoms with E-state index in [2.05, 4.69) is 21.9 Å². The number of rotatable bonds is 6. The molecule has 1 heterocycles. The maximum Gasteiger partial charge on any atom is 0.260 e. The minimum absolute atomic E-state index is 0.0239. The largest absolute Gasteiger partial charge is 0.386 e. The predicted molar refractivity (Wildman–Crippen MR) is 83.7 cm³/mol. The Morgan fingerprint density at radius 3 is 2.95 bits per heavy atom. The summed E-state index contributed by atoms with van der Waals surface area (Å²) in [6.07, 6.45) is 4.38. The van der Waals surface area contributed by atoms with Crippen LogP contribution in [0.2, 0.25) is 0 Å². The maximum absolute atomic E-state index is 12.4. The van der Waals surface area contributed by atoms with E-state index >= 15 is 0 Å². The van der Waals surface area contributed by atoms with Gasteiger partial charge in [0.05, 0.1) is 5.69 Å². The molecule has 1 aliphatic rings. The molecule has 1 fully saturated rings. The third kappa shape index (κ3) is 3.65. The van der Waals surface area contributed by atoms with E-state index in [0.29, 0.717) is 10.9 Å². The van der Waals surface area contributed by atoms with Crippen LogP contribution in [0.15, 0.2) is 23.4 Å². The molecule has 1 aromatic heterocycles. The molecule has 0 saturated heterocycles. The van der Waals surface area contributed by atoms with Crippen molar-refractivity contribution in [3.05, 3.63) is 18.3 Å². The molecule has 2 rings (SSSR count). The van der Waals surface area contributed by atoms with E-state index in [0.717, 1.165) is 25.0 Å². The zero-order valence-electron chi connectivity index (χ0n) is 11.8. The highest BCUT2D eigenvalue weighted by atomic mass is 32.2. The van der Waals surface area contributed by atoms with Crippen LogP contribution in [0.25, 0.3) is 0 Å². The Kier molecular flexibility index (Phi) is 5.29. The first kappa shape index (κ1) is 15.6. The Labute approximate surface area is 125 Å². The fraction of sp³-hybridized carbons (Fsp3) is 0.615. The fourth-order valence-corrected chi connectivity index (χ4v) is 5.07. The van der Waals surface area contributed by atoms with E-state index in [-0.39, 0.29) is 11.1 Å². The lowest BCUT2D eigenvalue weighted by atomic mass is 10.3. The van der Waals surface area contributed by atoms with Gasteiger partial charge in [0.1, 0.15) is 0 Å². The van der Waals surface area contributed by atoms with E-state index in [9.17, 15) is 8.42 Å². The van der Waals surface area contributed by atoms with Gasteiger partial charge in [-0.15, -0.1) is 0 Å². The van der Waals surface area contributed by atoms with E-state index in [1.165, 1.54) is 6.20 Å². The van der Waals surface area contributed by atoms with Gasteiger partial charge in [-0.3, -0.25) is 0 Å². The molecule has 2 N–H and O–H groups in total. The smallest absolute Gasteiger partial charge is 0.260 e. The number of hydrogen-bond donors (Lipinski definition) is 2. The number of aromatic nitrogens is 1. The predicted octanol–water partition coefficient (Wildman–Crippen LogP) is 2.08. The molecule has 7 heteroatoms. The zero-order chi connectivity index (χ0) is 14.6. The Morgan fingerprint density at radius 1 is 1.45 bits per heavy atom. The first-order valence-corrected chi connectivity index (χ1v) is 9.36. The summed E-state index contributed by atoms with van der Waals surface area (Å²) in [5.74, 6) is 1.08. The minimum Gasteiger partial charge on any atom is -0.386 e. The standard InChI is InChI=1S/C13H21N3O2S2/c1-3-19-11-7-6-10(9-11)16-20(17,18)13-12(14-2)5-4-8-15-13/h4-5,8,10-11,14,16H,3,6-7,9H2,1-2H3. The Bertz CT molecular complexity index is 548. The van der Waals surface area contributed by atoms with Gasteiger partial charge in [-0.05, 0) is 37.1 Å². The number of thioether (sulfide) groups is 1. The first-order chi connectivity index (χ1) is 9.56. The van der Waals surface area contributed by atoms with Gasteiger partial charge in [0.2, 0.25) is 0 Å². The van der Waals surface area contributed by atoms with Gasteiger partial charge < -0.3 is 5.32 Å². The van der Waals surface area contributed by atoms with Gasteiger partial charge in [0.15, 0.2) is 5.03 Å². The highest BCUT2D eigenvalue weighted by Gasteiger charge is 2.30. The molecule has 20 heavy (non-hydrogen) atoms. The molecule has 0 radical (unpaired) electrons. The highest BCUT2D eigenvalue weighted by Crippen LogP contribution is 2.30. The van der Waals surface area contributed by atoms with E-state index in [1.807, 2.05) is 11.8 Å². The third-order valence-electron chi connectivity index (χ3n) is 3.40. The lowest BCUT2D eigenvalue weighted by Crippen LogP contribution is -2.34. The number of pyridine rings is 1. The highest BCUT2D eigenvalue weighted by molar-refractivity contribution is 7.99. The maximum atomic E-state index is 12.4. The SMILES string of the molecule is CCSC1CCC(NS(=O)(=O)c2ncccc2NC)C1. The molecule has 1 aliphatic carbocycles. The van der Waals surface area contributed by atoms with E-state index < -0.39 is 10.0 Å². The summed E-state index contributed by atoms with van der Waals surface area (Å²) in [6.45, 7) is 2.13. The molecule has 0 aromatic carbocycles. The van der Waals surface area contributed by atoms with Crippen LogP contribution in [0.4, 0.5) is 5.69 Å². The summed E-state index contributed by atoms with van der Waals surface area (Å²) in [6, 6.07) is 3.45. The second-order valence-electron chi connectivity index (χ2n) is 4.81. The molecular formula is C13H21N3O2S2. The molecule has 0 spiro atoms. The van der Waals surface area contributed by atoms with Crippen molar-refractivity contribution >= 4 is 27.5 Å². The van der Waals surface area contributed by atoms with Gasteiger partial charge in [-0.1, -0.05) is 6.92 Å². The molecule has 1 saturated carbocycles. The van der Waals surface area contributed by atoms with Crippen LogP contribution in [-0.4, -0.2) is 37.5 Å². The molecule has 0 bridgehead atoms. The average Bonchev–Trinajstić information content (AvgIpc) is 2.85. The summed E-state index contributed by atoms with van der Waals surface area (Å²) < 4.78 is 27.6. The van der Waals surface area contributed by atoms with Gasteiger partial charge in [0, 0.05) is 24.5 Å². The monoisotopic (exact) mass is 315 g/mol. The molecule has 0 amide bonds.